The summed E-state index contributed by atoms with van der Waals surface area (Å²) in [7, 11) is 0. The van der Waals surface area contributed by atoms with Gasteiger partial charge in [-0.15, -0.1) is 0 Å². The van der Waals surface area contributed by atoms with Crippen LogP contribution in [0.15, 0.2) is 152 Å². The van der Waals surface area contributed by atoms with Crippen LogP contribution in [0, 0.1) is 0 Å². The fourth-order valence-electron chi connectivity index (χ4n) is 6.90. The van der Waals surface area contributed by atoms with Gasteiger partial charge in [-0.3, -0.25) is 0 Å². The molecule has 0 aliphatic carbocycles. The fraction of sp³-hybridized carbons (Fsp3) is 0.255. The van der Waals surface area contributed by atoms with Gasteiger partial charge in [0.15, 0.2) is 37.0 Å². The van der Waals surface area contributed by atoms with E-state index < -0.39 is 104 Å². The maximum atomic E-state index is 13.9. The molecule has 10 atom stereocenters. The minimum Gasteiger partial charge on any atom is -0.459 e. The predicted molar refractivity (Wildman–Crippen MR) is 217 cm³/mol. The molecule has 0 bridgehead atoms. The third-order valence-corrected chi connectivity index (χ3v) is 10.1. The third kappa shape index (κ3) is 10.8. The van der Waals surface area contributed by atoms with Crippen LogP contribution in [-0.2, 0) is 37.9 Å². The molecule has 2 saturated heterocycles. The standard InChI is InChI=1S/C47H42O16/c48-26-33-35(49)37(59-42(51)29-18-8-2-9-19-29)40(62-45(54)32-24-14-5-15-25-32)47(58-33)63-36-34(27-56-41(50)28-16-6-1-7-17-28)57-46(55)39(61-44(53)31-22-12-4-13-23-31)38(36)60-43(52)30-20-10-3-11-21-30/h1-25,33-40,46-49,55H,26-27H2/t33?,34?,35-,36+,37-,38?,39?,40?,46+,47-/m0/s1. The Morgan fingerprint density at radius 2 is 0.794 bits per heavy atom. The van der Waals surface area contributed by atoms with Gasteiger partial charge >= 0.3 is 29.8 Å². The van der Waals surface area contributed by atoms with Crippen molar-refractivity contribution in [3.63, 3.8) is 0 Å². The largest absolute Gasteiger partial charge is 0.459 e. The summed E-state index contributed by atoms with van der Waals surface area (Å²) in [5.41, 5.74) is 0.353. The number of carbonyl (C=O) groups is 5. The Hall–Kier alpha value is -6.79. The van der Waals surface area contributed by atoms with Crippen molar-refractivity contribution in [1.82, 2.24) is 0 Å². The molecule has 0 amide bonds. The highest BCUT2D eigenvalue weighted by molar-refractivity contribution is 5.92. The highest BCUT2D eigenvalue weighted by Crippen LogP contribution is 2.35. The highest BCUT2D eigenvalue weighted by atomic mass is 16.8. The lowest BCUT2D eigenvalue weighted by Gasteiger charge is -2.47. The molecule has 63 heavy (non-hydrogen) atoms. The van der Waals surface area contributed by atoms with Gasteiger partial charge in [0, 0.05) is 0 Å². The molecular formula is C47H42O16. The van der Waals surface area contributed by atoms with E-state index in [9.17, 15) is 39.3 Å². The quantitative estimate of drug-likeness (QED) is 0.106. The molecule has 5 aromatic carbocycles. The van der Waals surface area contributed by atoms with Gasteiger partial charge in [-0.2, -0.15) is 0 Å². The molecule has 0 spiro atoms. The van der Waals surface area contributed by atoms with Crippen LogP contribution >= 0.6 is 0 Å². The van der Waals surface area contributed by atoms with Crippen molar-refractivity contribution >= 4 is 29.8 Å². The zero-order valence-corrected chi connectivity index (χ0v) is 33.3. The second-order valence-electron chi connectivity index (χ2n) is 14.3. The predicted octanol–water partition coefficient (Wildman–Crippen LogP) is 3.93. The highest BCUT2D eigenvalue weighted by Gasteiger charge is 2.56. The molecule has 5 unspecified atom stereocenters. The SMILES string of the molecule is O=C(OCC1O[C@@H](O)C(OC(=O)c2ccccc2)C(OC(=O)c2ccccc2)[C@@H]1O[C@@H]1OC(CO)[C@H](O)[C@H](OC(=O)c2ccccc2)C1OC(=O)c1ccccc1)c1ccccc1. The van der Waals surface area contributed by atoms with E-state index in [-0.39, 0.29) is 27.8 Å². The molecule has 0 radical (unpaired) electrons. The Morgan fingerprint density at radius 3 is 1.21 bits per heavy atom. The van der Waals surface area contributed by atoms with Crippen molar-refractivity contribution in [2.24, 2.45) is 0 Å². The first-order valence-electron chi connectivity index (χ1n) is 19.8. The summed E-state index contributed by atoms with van der Waals surface area (Å²) in [5.74, 6) is -4.67. The van der Waals surface area contributed by atoms with Gasteiger partial charge in [0.2, 0.25) is 0 Å². The lowest BCUT2D eigenvalue weighted by atomic mass is 9.96. The van der Waals surface area contributed by atoms with Crippen molar-refractivity contribution < 1.29 is 77.2 Å². The number of hydrogen-bond acceptors (Lipinski definition) is 16. The number of aliphatic hydroxyl groups is 3. The molecule has 2 heterocycles. The molecule has 2 aliphatic heterocycles. The second kappa shape index (κ2) is 20.9. The van der Waals surface area contributed by atoms with Crippen LogP contribution in [0.25, 0.3) is 0 Å². The van der Waals surface area contributed by atoms with E-state index in [0.717, 1.165) is 0 Å². The number of aliphatic hydroxyl groups excluding tert-OH is 3. The first-order valence-corrected chi connectivity index (χ1v) is 19.8. The number of ether oxygens (including phenoxy) is 8. The number of hydrogen-bond donors (Lipinski definition) is 3. The van der Waals surface area contributed by atoms with Crippen LogP contribution < -0.4 is 0 Å². The van der Waals surface area contributed by atoms with Gasteiger partial charge in [-0.25, -0.2) is 24.0 Å². The summed E-state index contributed by atoms with van der Waals surface area (Å²) in [6, 6.07) is 38.7. The molecule has 2 aliphatic rings. The molecule has 16 heteroatoms. The molecule has 0 aromatic heterocycles. The van der Waals surface area contributed by atoms with Crippen LogP contribution in [0.4, 0.5) is 0 Å². The van der Waals surface area contributed by atoms with Gasteiger partial charge in [-0.1, -0.05) is 91.0 Å². The van der Waals surface area contributed by atoms with E-state index in [2.05, 4.69) is 0 Å². The van der Waals surface area contributed by atoms with Crippen molar-refractivity contribution in [2.75, 3.05) is 13.2 Å². The van der Waals surface area contributed by atoms with E-state index in [1.54, 1.807) is 91.0 Å². The van der Waals surface area contributed by atoms with Crippen molar-refractivity contribution in [3.05, 3.63) is 179 Å². The van der Waals surface area contributed by atoms with Crippen molar-refractivity contribution in [3.8, 4) is 0 Å². The molecule has 0 saturated carbocycles. The third-order valence-electron chi connectivity index (χ3n) is 10.1. The normalized spacial score (nSPS) is 25.4. The Balaban J connectivity index is 1.30. The van der Waals surface area contributed by atoms with Crippen LogP contribution in [0.2, 0.25) is 0 Å². The van der Waals surface area contributed by atoms with E-state index in [1.807, 2.05) is 0 Å². The maximum Gasteiger partial charge on any atom is 0.338 e. The zero-order chi connectivity index (χ0) is 44.3. The molecule has 16 nitrogen and oxygen atoms in total. The van der Waals surface area contributed by atoms with Crippen LogP contribution in [0.1, 0.15) is 51.8 Å². The van der Waals surface area contributed by atoms with Crippen molar-refractivity contribution in [2.45, 2.75) is 61.4 Å². The van der Waals surface area contributed by atoms with Crippen LogP contribution in [0.3, 0.4) is 0 Å². The Morgan fingerprint density at radius 1 is 0.429 bits per heavy atom. The first kappa shape index (κ1) is 44.3. The average Bonchev–Trinajstić information content (AvgIpc) is 3.33. The van der Waals surface area contributed by atoms with Gasteiger partial charge in [0.1, 0.15) is 31.0 Å². The maximum absolute atomic E-state index is 13.9. The molecule has 2 fully saturated rings. The monoisotopic (exact) mass is 862 g/mol. The average molecular weight is 863 g/mol. The summed E-state index contributed by atoms with van der Waals surface area (Å²) < 4.78 is 47.6. The van der Waals surface area contributed by atoms with Gasteiger partial charge in [-0.05, 0) is 60.7 Å². The van der Waals surface area contributed by atoms with Crippen molar-refractivity contribution in [1.29, 1.82) is 0 Å². The smallest absolute Gasteiger partial charge is 0.338 e. The number of rotatable bonds is 14. The summed E-state index contributed by atoms with van der Waals surface area (Å²) in [5, 5.41) is 33.5. The van der Waals surface area contributed by atoms with Gasteiger partial charge in [0.05, 0.1) is 34.4 Å². The van der Waals surface area contributed by atoms with E-state index in [0.29, 0.717) is 0 Å². The Bertz CT molecular complexity index is 2300. The lowest BCUT2D eigenvalue weighted by molar-refractivity contribution is -0.352. The van der Waals surface area contributed by atoms with Crippen LogP contribution in [-0.4, -0.2) is 120 Å². The van der Waals surface area contributed by atoms with E-state index in [4.69, 9.17) is 37.9 Å². The molecular weight excluding hydrogens is 821 g/mol. The number of esters is 5. The number of benzene rings is 5. The molecule has 3 N–H and O–H groups in total. The summed E-state index contributed by atoms with van der Waals surface area (Å²) in [6.07, 6.45) is -18.0. The fourth-order valence-corrected chi connectivity index (χ4v) is 6.90. The first-order chi connectivity index (χ1) is 30.6. The summed E-state index contributed by atoms with van der Waals surface area (Å²) >= 11 is 0. The minimum absolute atomic E-state index is 0.0392. The minimum atomic E-state index is -2.04. The summed E-state index contributed by atoms with van der Waals surface area (Å²) in [4.78, 5) is 68.0. The lowest BCUT2D eigenvalue weighted by Crippen LogP contribution is -2.66. The van der Waals surface area contributed by atoms with Gasteiger partial charge in [0.25, 0.3) is 0 Å². The summed E-state index contributed by atoms with van der Waals surface area (Å²) in [6.45, 7) is -1.56. The molecule has 5 aromatic rings. The van der Waals surface area contributed by atoms with E-state index in [1.165, 1.54) is 60.7 Å². The molecule has 326 valence electrons. The van der Waals surface area contributed by atoms with Gasteiger partial charge < -0.3 is 53.2 Å². The Labute approximate surface area is 360 Å². The zero-order valence-electron chi connectivity index (χ0n) is 33.3. The Kier molecular flexibility index (Phi) is 14.7. The topological polar surface area (TPSA) is 220 Å². The molecule has 7 rings (SSSR count). The van der Waals surface area contributed by atoms with E-state index >= 15 is 0 Å². The van der Waals surface area contributed by atoms with Crippen LogP contribution in [0.5, 0.6) is 0 Å². The number of carbonyl (C=O) groups excluding carboxylic acids is 5. The second-order valence-corrected chi connectivity index (χ2v) is 14.3.